The number of hydrogen-bond donors (Lipinski definition) is 2. The fourth-order valence-corrected chi connectivity index (χ4v) is 2.19. The molecule has 1 atom stereocenters. The third-order valence-electron chi connectivity index (χ3n) is 3.09. The van der Waals surface area contributed by atoms with Crippen LogP contribution in [-0.2, 0) is 9.53 Å². The van der Waals surface area contributed by atoms with Crippen molar-refractivity contribution in [1.82, 2.24) is 10.3 Å². The molecule has 1 aliphatic rings. The van der Waals surface area contributed by atoms with Crippen LogP contribution in [0.15, 0.2) is 12.3 Å². The number of anilines is 2. The minimum Gasteiger partial charge on any atom is -0.396 e. The normalized spacial score (nSPS) is 19.3. The number of likely N-dealkylation sites (N-methyl/N-ethyl adjacent to an activating group) is 1. The molecule has 0 spiro atoms. The Labute approximate surface area is 112 Å². The van der Waals surface area contributed by atoms with Crippen molar-refractivity contribution < 1.29 is 9.53 Å². The van der Waals surface area contributed by atoms with Crippen LogP contribution in [0.4, 0.5) is 11.5 Å². The van der Waals surface area contributed by atoms with E-state index in [1.165, 1.54) is 0 Å². The molecule has 6 heteroatoms. The van der Waals surface area contributed by atoms with Crippen LogP contribution < -0.4 is 16.0 Å². The lowest BCUT2D eigenvalue weighted by Crippen LogP contribution is -2.54. The first-order valence-corrected chi connectivity index (χ1v) is 6.47. The summed E-state index contributed by atoms with van der Waals surface area (Å²) in [5.74, 6) is 0.606. The number of nitrogens with one attached hydrogen (secondary N) is 1. The van der Waals surface area contributed by atoms with Crippen molar-refractivity contribution in [2.24, 2.45) is 0 Å². The number of nitrogens with two attached hydrogens (primary N) is 1. The van der Waals surface area contributed by atoms with E-state index in [2.05, 4.69) is 10.3 Å². The van der Waals surface area contributed by atoms with Gasteiger partial charge in [-0.1, -0.05) is 0 Å². The van der Waals surface area contributed by atoms with Crippen molar-refractivity contribution >= 4 is 17.4 Å². The van der Waals surface area contributed by atoms with E-state index in [0.717, 1.165) is 5.56 Å². The first-order valence-electron chi connectivity index (χ1n) is 6.47. The van der Waals surface area contributed by atoms with Gasteiger partial charge in [0.1, 0.15) is 6.04 Å². The van der Waals surface area contributed by atoms with Crippen LogP contribution >= 0.6 is 0 Å². The maximum Gasteiger partial charge on any atom is 0.245 e. The number of rotatable bonds is 3. The van der Waals surface area contributed by atoms with Gasteiger partial charge in [-0.05, 0) is 25.5 Å². The summed E-state index contributed by atoms with van der Waals surface area (Å²) in [5.41, 5.74) is 7.61. The fourth-order valence-electron chi connectivity index (χ4n) is 2.19. The van der Waals surface area contributed by atoms with E-state index in [1.54, 1.807) is 6.20 Å². The van der Waals surface area contributed by atoms with Gasteiger partial charge < -0.3 is 20.7 Å². The lowest BCUT2D eigenvalue weighted by Gasteiger charge is -2.35. The summed E-state index contributed by atoms with van der Waals surface area (Å²) < 4.78 is 5.39. The number of nitrogen functional groups attached to an aromatic ring is 1. The highest BCUT2D eigenvalue weighted by atomic mass is 16.5. The van der Waals surface area contributed by atoms with Crippen LogP contribution in [0.3, 0.4) is 0 Å². The smallest absolute Gasteiger partial charge is 0.245 e. The molecule has 0 radical (unpaired) electrons. The third kappa shape index (κ3) is 2.96. The molecule has 6 nitrogen and oxygen atoms in total. The number of aromatic nitrogens is 1. The van der Waals surface area contributed by atoms with Crippen LogP contribution in [0.1, 0.15) is 12.5 Å². The zero-order valence-electron chi connectivity index (χ0n) is 11.3. The molecular weight excluding hydrogens is 244 g/mol. The van der Waals surface area contributed by atoms with E-state index in [1.807, 2.05) is 24.8 Å². The van der Waals surface area contributed by atoms with E-state index in [-0.39, 0.29) is 11.9 Å². The molecule has 1 saturated heterocycles. The number of pyridine rings is 1. The molecule has 0 aliphatic carbocycles. The quantitative estimate of drug-likeness (QED) is 0.821. The highest BCUT2D eigenvalue weighted by Crippen LogP contribution is 2.24. The molecule has 2 heterocycles. The molecule has 0 aromatic carbocycles. The van der Waals surface area contributed by atoms with Crippen molar-refractivity contribution in [2.75, 3.05) is 36.9 Å². The summed E-state index contributed by atoms with van der Waals surface area (Å²) >= 11 is 0. The highest BCUT2D eigenvalue weighted by Gasteiger charge is 2.31. The van der Waals surface area contributed by atoms with Crippen molar-refractivity contribution in [3.05, 3.63) is 17.8 Å². The van der Waals surface area contributed by atoms with Gasteiger partial charge in [-0.25, -0.2) is 4.98 Å². The molecule has 0 saturated carbocycles. The standard InChI is InChI=1S/C13H20N4O2/c1-3-15-13(18)11-8-19-5-4-17(11)12-10(14)6-9(2)7-16-12/h6-7,11H,3-5,8,14H2,1-2H3,(H,15,18). The molecule has 1 amide bonds. The predicted molar refractivity (Wildman–Crippen MR) is 74.0 cm³/mol. The number of nitrogens with zero attached hydrogens (tertiary/aromatic N) is 2. The average molecular weight is 264 g/mol. The van der Waals surface area contributed by atoms with E-state index >= 15 is 0 Å². The molecule has 2 rings (SSSR count). The van der Waals surface area contributed by atoms with E-state index in [4.69, 9.17) is 10.5 Å². The lowest BCUT2D eigenvalue weighted by atomic mass is 10.2. The van der Waals surface area contributed by atoms with Gasteiger partial charge in [0.2, 0.25) is 5.91 Å². The Bertz CT molecular complexity index is 464. The fraction of sp³-hybridized carbons (Fsp3) is 0.538. The zero-order chi connectivity index (χ0) is 13.8. The van der Waals surface area contributed by atoms with Gasteiger partial charge in [-0.2, -0.15) is 0 Å². The molecule has 3 N–H and O–H groups in total. The van der Waals surface area contributed by atoms with Crippen LogP contribution in [0, 0.1) is 6.92 Å². The van der Waals surface area contributed by atoms with Gasteiger partial charge >= 0.3 is 0 Å². The van der Waals surface area contributed by atoms with Gasteiger partial charge in [-0.3, -0.25) is 4.79 Å². The topological polar surface area (TPSA) is 80.5 Å². The van der Waals surface area contributed by atoms with Crippen LogP contribution in [0.25, 0.3) is 0 Å². The SMILES string of the molecule is CCNC(=O)C1COCCN1c1ncc(C)cc1N. The number of morpholine rings is 1. The van der Waals surface area contributed by atoms with Gasteiger partial charge in [0, 0.05) is 19.3 Å². The second-order valence-electron chi connectivity index (χ2n) is 4.60. The van der Waals surface area contributed by atoms with E-state index in [9.17, 15) is 4.79 Å². The summed E-state index contributed by atoms with van der Waals surface area (Å²) in [6.07, 6.45) is 1.76. The van der Waals surface area contributed by atoms with E-state index < -0.39 is 0 Å². The van der Waals surface area contributed by atoms with Gasteiger partial charge in [0.05, 0.1) is 18.9 Å². The van der Waals surface area contributed by atoms with E-state index in [0.29, 0.717) is 37.8 Å². The third-order valence-corrected chi connectivity index (χ3v) is 3.09. The molecule has 1 fully saturated rings. The molecule has 1 aromatic rings. The molecule has 1 aliphatic heterocycles. The summed E-state index contributed by atoms with van der Waals surface area (Å²) in [6.45, 7) is 5.98. The van der Waals surface area contributed by atoms with Gasteiger partial charge in [-0.15, -0.1) is 0 Å². The maximum atomic E-state index is 12.1. The Morgan fingerprint density at radius 3 is 3.16 bits per heavy atom. The van der Waals surface area contributed by atoms with Crippen LogP contribution in [-0.4, -0.2) is 43.2 Å². The Hall–Kier alpha value is -1.82. The molecular formula is C13H20N4O2. The Morgan fingerprint density at radius 1 is 1.68 bits per heavy atom. The Balaban J connectivity index is 2.26. The number of hydrogen-bond acceptors (Lipinski definition) is 5. The number of carbonyl (C=O) groups excluding carboxylic acids is 1. The van der Waals surface area contributed by atoms with Crippen molar-refractivity contribution in [1.29, 1.82) is 0 Å². The molecule has 1 unspecified atom stereocenters. The van der Waals surface area contributed by atoms with Crippen molar-refractivity contribution in [2.45, 2.75) is 19.9 Å². The molecule has 104 valence electrons. The molecule has 0 bridgehead atoms. The zero-order valence-corrected chi connectivity index (χ0v) is 11.3. The van der Waals surface area contributed by atoms with Crippen molar-refractivity contribution in [3.8, 4) is 0 Å². The van der Waals surface area contributed by atoms with Crippen molar-refractivity contribution in [3.63, 3.8) is 0 Å². The maximum absolute atomic E-state index is 12.1. The number of carbonyl (C=O) groups is 1. The van der Waals surface area contributed by atoms with Gasteiger partial charge in [0.25, 0.3) is 0 Å². The highest BCUT2D eigenvalue weighted by molar-refractivity contribution is 5.86. The Morgan fingerprint density at radius 2 is 2.47 bits per heavy atom. The van der Waals surface area contributed by atoms with Crippen LogP contribution in [0.2, 0.25) is 0 Å². The Kier molecular flexibility index (Phi) is 4.21. The summed E-state index contributed by atoms with van der Waals surface area (Å²) in [5, 5.41) is 2.82. The number of ether oxygens (including phenoxy) is 1. The summed E-state index contributed by atoms with van der Waals surface area (Å²) in [6, 6.07) is 1.50. The largest absolute Gasteiger partial charge is 0.396 e. The molecule has 19 heavy (non-hydrogen) atoms. The second-order valence-corrected chi connectivity index (χ2v) is 4.60. The minimum absolute atomic E-state index is 0.0519. The molecule has 1 aromatic heterocycles. The number of amides is 1. The van der Waals surface area contributed by atoms with Crippen LogP contribution in [0.5, 0.6) is 0 Å². The lowest BCUT2D eigenvalue weighted by molar-refractivity contribution is -0.124. The average Bonchev–Trinajstić information content (AvgIpc) is 2.39. The predicted octanol–water partition coefficient (Wildman–Crippen LogP) is 0.314. The summed E-state index contributed by atoms with van der Waals surface area (Å²) in [7, 11) is 0. The summed E-state index contributed by atoms with van der Waals surface area (Å²) in [4.78, 5) is 18.3. The first kappa shape index (κ1) is 13.6. The van der Waals surface area contributed by atoms with Gasteiger partial charge in [0.15, 0.2) is 5.82 Å². The number of aryl methyl sites for hydroxylation is 1. The monoisotopic (exact) mass is 264 g/mol. The minimum atomic E-state index is -0.369. The second kappa shape index (κ2) is 5.88. The first-order chi connectivity index (χ1) is 9.13.